The van der Waals surface area contributed by atoms with E-state index in [-0.39, 0.29) is 28.8 Å². The van der Waals surface area contributed by atoms with Crippen molar-refractivity contribution < 1.29 is 13.2 Å². The molecule has 1 aromatic heterocycles. The Hall–Kier alpha value is -2.22. The molecule has 1 fully saturated rings. The lowest BCUT2D eigenvalue weighted by Crippen LogP contribution is -2.38. The maximum atomic E-state index is 12.6. The Balaban J connectivity index is 2.04. The fourth-order valence-electron chi connectivity index (χ4n) is 2.89. The standard InChI is InChI=1S/C16H19N3O4S/c1-10(2)19-16(21)13-6-4-3-5-12(13)14(18-19)15(20)17-11-7-8-24(22,23)9-11/h3-6,10-11H,7-9H2,1-2H3,(H,17,20). The van der Waals surface area contributed by atoms with Gasteiger partial charge in [0.25, 0.3) is 11.5 Å². The van der Waals surface area contributed by atoms with Gasteiger partial charge in [-0.15, -0.1) is 0 Å². The van der Waals surface area contributed by atoms with Crippen LogP contribution in [0.5, 0.6) is 0 Å². The molecular formula is C16H19N3O4S. The molecular weight excluding hydrogens is 330 g/mol. The van der Waals surface area contributed by atoms with E-state index < -0.39 is 21.8 Å². The van der Waals surface area contributed by atoms with E-state index in [1.54, 1.807) is 24.3 Å². The van der Waals surface area contributed by atoms with Crippen LogP contribution >= 0.6 is 0 Å². The summed E-state index contributed by atoms with van der Waals surface area (Å²) in [6, 6.07) is 6.20. The average molecular weight is 349 g/mol. The van der Waals surface area contributed by atoms with Crippen molar-refractivity contribution in [3.63, 3.8) is 0 Å². The van der Waals surface area contributed by atoms with Crippen LogP contribution < -0.4 is 10.9 Å². The molecule has 128 valence electrons. The number of benzene rings is 1. The third-order valence-electron chi connectivity index (χ3n) is 4.10. The molecule has 2 heterocycles. The molecule has 1 aromatic carbocycles. The minimum atomic E-state index is -3.08. The Morgan fingerprint density at radius 3 is 2.54 bits per heavy atom. The summed E-state index contributed by atoms with van der Waals surface area (Å²) in [4.78, 5) is 25.1. The highest BCUT2D eigenvalue weighted by molar-refractivity contribution is 7.91. The number of carbonyl (C=O) groups is 1. The summed E-state index contributed by atoms with van der Waals surface area (Å²) in [5, 5.41) is 7.85. The molecule has 7 nitrogen and oxygen atoms in total. The van der Waals surface area contributed by atoms with Crippen molar-refractivity contribution in [3.8, 4) is 0 Å². The molecule has 8 heteroatoms. The summed E-state index contributed by atoms with van der Waals surface area (Å²) in [5.74, 6) is -0.430. The SMILES string of the molecule is CC(C)n1nc(C(=O)NC2CCS(=O)(=O)C2)c2ccccc2c1=O. The van der Waals surface area contributed by atoms with Crippen molar-refractivity contribution in [1.29, 1.82) is 0 Å². The Kier molecular flexibility index (Phi) is 4.16. The molecule has 1 N–H and O–H groups in total. The zero-order chi connectivity index (χ0) is 17.5. The summed E-state index contributed by atoms with van der Waals surface area (Å²) in [7, 11) is -3.08. The Labute approximate surface area is 139 Å². The lowest BCUT2D eigenvalue weighted by molar-refractivity contribution is 0.0935. The summed E-state index contributed by atoms with van der Waals surface area (Å²) in [6.45, 7) is 3.63. The van der Waals surface area contributed by atoms with Gasteiger partial charge in [-0.2, -0.15) is 5.10 Å². The highest BCUT2D eigenvalue weighted by atomic mass is 32.2. The van der Waals surface area contributed by atoms with Crippen molar-refractivity contribution in [2.75, 3.05) is 11.5 Å². The number of hydrogen-bond acceptors (Lipinski definition) is 5. The summed E-state index contributed by atoms with van der Waals surface area (Å²) in [5.41, 5.74) is -0.108. The molecule has 1 unspecified atom stereocenters. The number of aromatic nitrogens is 2. The third kappa shape index (κ3) is 3.06. The lowest BCUT2D eigenvalue weighted by Gasteiger charge is -2.15. The van der Waals surface area contributed by atoms with E-state index in [2.05, 4.69) is 10.4 Å². The first kappa shape index (κ1) is 16.6. The van der Waals surface area contributed by atoms with Crippen LogP contribution in [0.4, 0.5) is 0 Å². The number of sulfone groups is 1. The van der Waals surface area contributed by atoms with Gasteiger partial charge in [0.2, 0.25) is 0 Å². The molecule has 0 bridgehead atoms. The van der Waals surface area contributed by atoms with Crippen LogP contribution in [0.3, 0.4) is 0 Å². The van der Waals surface area contributed by atoms with E-state index in [4.69, 9.17) is 0 Å². The first-order chi connectivity index (χ1) is 11.3. The van der Waals surface area contributed by atoms with Crippen molar-refractivity contribution in [3.05, 3.63) is 40.3 Å². The second-order valence-electron chi connectivity index (χ2n) is 6.31. The number of nitrogens with one attached hydrogen (secondary N) is 1. The van der Waals surface area contributed by atoms with Crippen LogP contribution in [-0.4, -0.2) is 41.7 Å². The zero-order valence-corrected chi connectivity index (χ0v) is 14.3. The fraction of sp³-hybridized carbons (Fsp3) is 0.438. The number of hydrogen-bond donors (Lipinski definition) is 1. The summed E-state index contributed by atoms with van der Waals surface area (Å²) < 4.78 is 24.4. The first-order valence-electron chi connectivity index (χ1n) is 7.81. The average Bonchev–Trinajstić information content (AvgIpc) is 2.86. The molecule has 1 aliphatic rings. The molecule has 0 aliphatic carbocycles. The Morgan fingerprint density at radius 2 is 1.96 bits per heavy atom. The van der Waals surface area contributed by atoms with E-state index in [9.17, 15) is 18.0 Å². The largest absolute Gasteiger partial charge is 0.347 e. The lowest BCUT2D eigenvalue weighted by atomic mass is 10.1. The summed E-state index contributed by atoms with van der Waals surface area (Å²) >= 11 is 0. The molecule has 0 saturated carbocycles. The monoisotopic (exact) mass is 349 g/mol. The van der Waals surface area contributed by atoms with Crippen molar-refractivity contribution in [1.82, 2.24) is 15.1 Å². The molecule has 2 aromatic rings. The van der Waals surface area contributed by atoms with E-state index >= 15 is 0 Å². The number of rotatable bonds is 3. The third-order valence-corrected chi connectivity index (χ3v) is 5.87. The van der Waals surface area contributed by atoms with E-state index in [1.807, 2.05) is 13.8 Å². The molecule has 1 aliphatic heterocycles. The molecule has 3 rings (SSSR count). The van der Waals surface area contributed by atoms with Crippen molar-refractivity contribution in [2.24, 2.45) is 0 Å². The van der Waals surface area contributed by atoms with Crippen LogP contribution in [0.25, 0.3) is 10.8 Å². The molecule has 1 saturated heterocycles. The van der Waals surface area contributed by atoms with Crippen LogP contribution in [0.2, 0.25) is 0 Å². The minimum Gasteiger partial charge on any atom is -0.347 e. The van der Waals surface area contributed by atoms with Gasteiger partial charge in [-0.25, -0.2) is 13.1 Å². The molecule has 0 radical (unpaired) electrons. The van der Waals surface area contributed by atoms with Crippen LogP contribution in [0, 0.1) is 0 Å². The predicted octanol–water partition coefficient (Wildman–Crippen LogP) is 0.894. The second kappa shape index (κ2) is 6.01. The number of amides is 1. The predicted molar refractivity (Wildman–Crippen MR) is 90.9 cm³/mol. The Morgan fingerprint density at radius 1 is 1.29 bits per heavy atom. The van der Waals surface area contributed by atoms with Crippen LogP contribution in [0.1, 0.15) is 36.8 Å². The maximum absolute atomic E-state index is 12.6. The van der Waals surface area contributed by atoms with Crippen molar-refractivity contribution in [2.45, 2.75) is 32.4 Å². The van der Waals surface area contributed by atoms with E-state index in [0.29, 0.717) is 17.2 Å². The molecule has 24 heavy (non-hydrogen) atoms. The smallest absolute Gasteiger partial charge is 0.274 e. The molecule has 0 spiro atoms. The quantitative estimate of drug-likeness (QED) is 0.887. The van der Waals surface area contributed by atoms with Crippen LogP contribution in [-0.2, 0) is 9.84 Å². The van der Waals surface area contributed by atoms with Gasteiger partial charge in [-0.1, -0.05) is 18.2 Å². The highest BCUT2D eigenvalue weighted by Crippen LogP contribution is 2.16. The Bertz CT molecular complexity index is 963. The number of carbonyl (C=O) groups excluding carboxylic acids is 1. The van der Waals surface area contributed by atoms with Gasteiger partial charge in [0.05, 0.1) is 22.9 Å². The second-order valence-corrected chi connectivity index (χ2v) is 8.54. The summed E-state index contributed by atoms with van der Waals surface area (Å²) in [6.07, 6.45) is 0.399. The van der Waals surface area contributed by atoms with Gasteiger partial charge in [0.15, 0.2) is 15.5 Å². The van der Waals surface area contributed by atoms with Gasteiger partial charge in [-0.3, -0.25) is 9.59 Å². The normalized spacial score (nSPS) is 19.7. The first-order valence-corrected chi connectivity index (χ1v) is 9.63. The van der Waals surface area contributed by atoms with Gasteiger partial charge in [0.1, 0.15) is 0 Å². The van der Waals surface area contributed by atoms with Crippen molar-refractivity contribution >= 4 is 26.5 Å². The zero-order valence-electron chi connectivity index (χ0n) is 13.5. The maximum Gasteiger partial charge on any atom is 0.274 e. The van der Waals surface area contributed by atoms with Crippen LogP contribution in [0.15, 0.2) is 29.1 Å². The van der Waals surface area contributed by atoms with Gasteiger partial charge in [0, 0.05) is 11.4 Å². The highest BCUT2D eigenvalue weighted by Gasteiger charge is 2.30. The van der Waals surface area contributed by atoms with E-state index in [1.165, 1.54) is 4.68 Å². The fourth-order valence-corrected chi connectivity index (χ4v) is 4.56. The number of fused-ring (bicyclic) bond motifs is 1. The number of nitrogens with zero attached hydrogens (tertiary/aromatic N) is 2. The topological polar surface area (TPSA) is 98.1 Å². The van der Waals surface area contributed by atoms with Gasteiger partial charge < -0.3 is 5.32 Å². The molecule has 1 amide bonds. The van der Waals surface area contributed by atoms with Gasteiger partial charge >= 0.3 is 0 Å². The minimum absolute atomic E-state index is 0.0551. The van der Waals surface area contributed by atoms with E-state index in [0.717, 1.165) is 0 Å². The van der Waals surface area contributed by atoms with Gasteiger partial charge in [-0.05, 0) is 26.3 Å². The molecule has 1 atom stereocenters.